The minimum Gasteiger partial charge on any atom is -0.463 e. The van der Waals surface area contributed by atoms with E-state index in [0.29, 0.717) is 6.42 Å². The van der Waals surface area contributed by atoms with Gasteiger partial charge in [-0.25, -0.2) is 18.7 Å². The molecule has 1 aromatic heterocycles. The molecule has 1 unspecified atom stereocenters. The maximum absolute atomic E-state index is 14.5. The molecule has 0 spiro atoms. The van der Waals surface area contributed by atoms with Gasteiger partial charge < -0.3 is 14.2 Å². The molecule has 0 saturated heterocycles. The van der Waals surface area contributed by atoms with Crippen molar-refractivity contribution in [2.75, 3.05) is 6.61 Å². The SMILES string of the molecule is CCCOC(=O)C(C)OC(=O)c1cc(-c2nn(C)c(OC(F)F)c2Br)c(F)cc1Cl. The van der Waals surface area contributed by atoms with Crippen LogP contribution in [0.1, 0.15) is 30.6 Å². The molecule has 0 amide bonds. The van der Waals surface area contributed by atoms with Crippen LogP contribution in [0.15, 0.2) is 16.6 Å². The predicted octanol–water partition coefficient (Wildman–Crippen LogP) is 4.74. The third kappa shape index (κ3) is 5.45. The van der Waals surface area contributed by atoms with E-state index in [9.17, 15) is 22.8 Å². The summed E-state index contributed by atoms with van der Waals surface area (Å²) in [6.45, 7) is 0.160. The van der Waals surface area contributed by atoms with E-state index in [0.717, 1.165) is 16.8 Å². The zero-order valence-electron chi connectivity index (χ0n) is 16.0. The van der Waals surface area contributed by atoms with E-state index in [2.05, 4.69) is 25.8 Å². The molecule has 0 aliphatic heterocycles. The molecule has 0 bridgehead atoms. The van der Waals surface area contributed by atoms with Gasteiger partial charge in [0.15, 0.2) is 6.10 Å². The smallest absolute Gasteiger partial charge is 0.388 e. The number of hydrogen-bond acceptors (Lipinski definition) is 6. The fraction of sp³-hybridized carbons (Fsp3) is 0.389. The van der Waals surface area contributed by atoms with Gasteiger partial charge in [0.05, 0.1) is 17.2 Å². The van der Waals surface area contributed by atoms with Crippen LogP contribution in [-0.2, 0) is 21.3 Å². The van der Waals surface area contributed by atoms with Crippen molar-refractivity contribution in [1.82, 2.24) is 9.78 Å². The highest BCUT2D eigenvalue weighted by atomic mass is 79.9. The molecule has 0 radical (unpaired) electrons. The molecule has 1 atom stereocenters. The van der Waals surface area contributed by atoms with Crippen LogP contribution in [0.4, 0.5) is 13.2 Å². The second kappa shape index (κ2) is 10.2. The lowest BCUT2D eigenvalue weighted by Gasteiger charge is -2.14. The highest BCUT2D eigenvalue weighted by molar-refractivity contribution is 9.10. The molecule has 1 heterocycles. The first-order valence-electron chi connectivity index (χ1n) is 8.61. The molecule has 12 heteroatoms. The van der Waals surface area contributed by atoms with E-state index in [1.165, 1.54) is 14.0 Å². The van der Waals surface area contributed by atoms with Gasteiger partial charge in [-0.05, 0) is 41.4 Å². The van der Waals surface area contributed by atoms with Gasteiger partial charge in [0.2, 0.25) is 5.88 Å². The number of aryl methyl sites for hydroxylation is 1. The zero-order chi connectivity index (χ0) is 22.6. The van der Waals surface area contributed by atoms with Crippen LogP contribution in [-0.4, -0.2) is 41.0 Å². The normalized spacial score (nSPS) is 12.0. The van der Waals surface area contributed by atoms with Gasteiger partial charge in [0, 0.05) is 12.6 Å². The third-order valence-corrected chi connectivity index (χ3v) is 4.76. The number of carbonyl (C=O) groups excluding carboxylic acids is 2. The number of halogens is 5. The first kappa shape index (κ1) is 24.0. The Morgan fingerprint density at radius 1 is 1.33 bits per heavy atom. The number of esters is 2. The van der Waals surface area contributed by atoms with Crippen LogP contribution in [0.3, 0.4) is 0 Å². The Bertz CT molecular complexity index is 954. The second-order valence-electron chi connectivity index (χ2n) is 6.00. The van der Waals surface area contributed by atoms with Crippen molar-refractivity contribution in [2.45, 2.75) is 33.0 Å². The zero-order valence-corrected chi connectivity index (χ0v) is 18.4. The maximum Gasteiger partial charge on any atom is 0.388 e. The largest absolute Gasteiger partial charge is 0.463 e. The van der Waals surface area contributed by atoms with Crippen molar-refractivity contribution in [1.29, 1.82) is 0 Å². The fourth-order valence-electron chi connectivity index (χ4n) is 2.35. The van der Waals surface area contributed by atoms with Crippen molar-refractivity contribution in [3.8, 4) is 17.1 Å². The van der Waals surface area contributed by atoms with Crippen LogP contribution < -0.4 is 4.74 Å². The molecule has 30 heavy (non-hydrogen) atoms. The number of aromatic nitrogens is 2. The van der Waals surface area contributed by atoms with E-state index in [1.807, 2.05) is 0 Å². The predicted molar refractivity (Wildman–Crippen MR) is 104 cm³/mol. The molecular formula is C18H17BrClF3N2O5. The Morgan fingerprint density at radius 3 is 2.60 bits per heavy atom. The van der Waals surface area contributed by atoms with E-state index >= 15 is 0 Å². The second-order valence-corrected chi connectivity index (χ2v) is 7.20. The standard InChI is InChI=1S/C18H17BrClF3N2O5/c1-4-5-28-16(26)8(2)29-17(27)9-6-10(12(21)7-11(9)20)14-13(19)15(25(3)24-14)30-18(22)23/h6-8,18H,4-5H2,1-3H3. The summed E-state index contributed by atoms with van der Waals surface area (Å²) in [6.07, 6.45) is -0.628. The molecule has 2 aromatic rings. The molecule has 0 N–H and O–H groups in total. The molecule has 1 aromatic carbocycles. The molecule has 164 valence electrons. The minimum absolute atomic E-state index is 0.0534. The van der Waals surface area contributed by atoms with E-state index in [-0.39, 0.29) is 38.8 Å². The highest BCUT2D eigenvalue weighted by Gasteiger charge is 2.26. The first-order valence-corrected chi connectivity index (χ1v) is 9.78. The van der Waals surface area contributed by atoms with Gasteiger partial charge >= 0.3 is 18.6 Å². The van der Waals surface area contributed by atoms with E-state index < -0.39 is 30.5 Å². The summed E-state index contributed by atoms with van der Waals surface area (Å²) in [5, 5.41) is 3.68. The number of alkyl halides is 2. The summed E-state index contributed by atoms with van der Waals surface area (Å²) in [5.74, 6) is -2.96. The van der Waals surface area contributed by atoms with E-state index in [4.69, 9.17) is 21.1 Å². The number of ether oxygens (including phenoxy) is 3. The van der Waals surface area contributed by atoms with Gasteiger partial charge in [0.1, 0.15) is 16.0 Å². The summed E-state index contributed by atoms with van der Waals surface area (Å²) in [7, 11) is 1.32. The first-order chi connectivity index (χ1) is 14.1. The van der Waals surface area contributed by atoms with Crippen molar-refractivity contribution in [2.24, 2.45) is 7.05 Å². The number of rotatable bonds is 8. The lowest BCUT2D eigenvalue weighted by molar-refractivity contribution is -0.153. The van der Waals surface area contributed by atoms with Crippen LogP contribution in [0.5, 0.6) is 5.88 Å². The number of carbonyl (C=O) groups is 2. The van der Waals surface area contributed by atoms with Gasteiger partial charge in [0.25, 0.3) is 0 Å². The highest BCUT2D eigenvalue weighted by Crippen LogP contribution is 2.38. The molecule has 0 fully saturated rings. The van der Waals surface area contributed by atoms with Crippen LogP contribution in [0.25, 0.3) is 11.3 Å². The minimum atomic E-state index is -3.13. The van der Waals surface area contributed by atoms with Crippen molar-refractivity contribution in [3.63, 3.8) is 0 Å². The quantitative estimate of drug-likeness (QED) is 0.475. The summed E-state index contributed by atoms with van der Waals surface area (Å²) in [4.78, 5) is 24.2. The number of hydrogen-bond donors (Lipinski definition) is 0. The monoisotopic (exact) mass is 512 g/mol. The van der Waals surface area contributed by atoms with Crippen LogP contribution in [0.2, 0.25) is 5.02 Å². The Balaban J connectivity index is 2.37. The molecule has 0 saturated carbocycles. The summed E-state index contributed by atoms with van der Waals surface area (Å²) >= 11 is 9.00. The fourth-order valence-corrected chi connectivity index (χ4v) is 3.22. The molecule has 7 nitrogen and oxygen atoms in total. The molecule has 0 aliphatic carbocycles. The van der Waals surface area contributed by atoms with Crippen LogP contribution in [0, 0.1) is 5.82 Å². The van der Waals surface area contributed by atoms with Crippen molar-refractivity contribution >= 4 is 39.5 Å². The van der Waals surface area contributed by atoms with Gasteiger partial charge in [-0.1, -0.05) is 18.5 Å². The topological polar surface area (TPSA) is 79.7 Å². The Morgan fingerprint density at radius 2 is 2.00 bits per heavy atom. The average molecular weight is 514 g/mol. The Labute approximate surface area is 183 Å². The maximum atomic E-state index is 14.5. The summed E-state index contributed by atoms with van der Waals surface area (Å²) < 4.78 is 54.9. The van der Waals surface area contributed by atoms with Gasteiger partial charge in [-0.3, -0.25) is 0 Å². The van der Waals surface area contributed by atoms with Crippen LogP contribution >= 0.6 is 27.5 Å². The van der Waals surface area contributed by atoms with Crippen molar-refractivity contribution in [3.05, 3.63) is 33.0 Å². The van der Waals surface area contributed by atoms with Crippen molar-refractivity contribution < 1.29 is 37.0 Å². The molecule has 0 aliphatic rings. The van der Waals surface area contributed by atoms with E-state index in [1.54, 1.807) is 6.92 Å². The average Bonchev–Trinajstić information content (AvgIpc) is 2.93. The Kier molecular flexibility index (Phi) is 8.13. The summed E-state index contributed by atoms with van der Waals surface area (Å²) in [5.41, 5.74) is -0.581. The number of nitrogens with zero attached hydrogens (tertiary/aromatic N) is 2. The lowest BCUT2D eigenvalue weighted by Crippen LogP contribution is -2.26. The lowest BCUT2D eigenvalue weighted by atomic mass is 10.1. The molecule has 2 rings (SSSR count). The van der Waals surface area contributed by atoms with Gasteiger partial charge in [-0.15, -0.1) is 0 Å². The Hall–Kier alpha value is -2.27. The molecular weight excluding hydrogens is 497 g/mol. The number of benzene rings is 1. The van der Waals surface area contributed by atoms with Gasteiger partial charge in [-0.2, -0.15) is 13.9 Å². The summed E-state index contributed by atoms with van der Waals surface area (Å²) in [6, 6.07) is 1.89. The third-order valence-electron chi connectivity index (χ3n) is 3.74.